The van der Waals surface area contributed by atoms with E-state index in [2.05, 4.69) is 38.8 Å². The summed E-state index contributed by atoms with van der Waals surface area (Å²) in [5.74, 6) is 3.29. The van der Waals surface area contributed by atoms with Gasteiger partial charge in [0.15, 0.2) is 0 Å². The summed E-state index contributed by atoms with van der Waals surface area (Å²) in [4.78, 5) is 0.0434. The van der Waals surface area contributed by atoms with E-state index in [-0.39, 0.29) is 34.9 Å². The highest BCUT2D eigenvalue weighted by Gasteiger charge is 2.30. The first-order chi connectivity index (χ1) is 19.9. The van der Waals surface area contributed by atoms with Crippen LogP contribution in [-0.4, -0.2) is 31.4 Å². The number of hydrogen-bond acceptors (Lipinski definition) is 7. The molecule has 0 saturated heterocycles. The fraction of sp³-hybridized carbons (Fsp3) is 0.355. The van der Waals surface area contributed by atoms with Crippen molar-refractivity contribution in [2.24, 2.45) is 0 Å². The monoisotopic (exact) mass is 652 g/mol. The predicted octanol–water partition coefficient (Wildman–Crippen LogP) is 7.68. The zero-order valence-corrected chi connectivity index (χ0v) is 26.8. The maximum atomic E-state index is 11.9. The van der Waals surface area contributed by atoms with E-state index in [4.69, 9.17) is 46.9 Å². The summed E-state index contributed by atoms with van der Waals surface area (Å²) < 4.78 is 57.0. The van der Waals surface area contributed by atoms with Crippen molar-refractivity contribution in [3.63, 3.8) is 0 Å². The van der Waals surface area contributed by atoms with Crippen LogP contribution in [0.1, 0.15) is 52.0 Å². The molecule has 11 heteroatoms. The lowest BCUT2D eigenvalue weighted by Gasteiger charge is -2.30. The average molecular weight is 654 g/mol. The van der Waals surface area contributed by atoms with Crippen molar-refractivity contribution < 1.29 is 29.9 Å². The van der Waals surface area contributed by atoms with Crippen LogP contribution in [0, 0.1) is 12.3 Å². The van der Waals surface area contributed by atoms with Crippen LogP contribution in [0.3, 0.4) is 0 Å². The van der Waals surface area contributed by atoms with Gasteiger partial charge in [-0.1, -0.05) is 68.4 Å². The topological polar surface area (TPSA) is 88.1 Å². The van der Waals surface area contributed by atoms with Crippen LogP contribution in [0.4, 0.5) is 0 Å². The molecular weight excluding hydrogens is 619 g/mol. The molecule has 0 radical (unpaired) electrons. The molecular formula is C31H34Cl2O7S2. The smallest absolute Gasteiger partial charge is 0.339 e. The second-order valence-electron chi connectivity index (χ2n) is 10.5. The van der Waals surface area contributed by atoms with Gasteiger partial charge in [-0.3, -0.25) is 8.37 Å². The number of rotatable bonds is 9. The Balaban J connectivity index is 0.000000240. The molecule has 0 bridgehead atoms. The molecule has 4 rings (SSSR count). The van der Waals surface area contributed by atoms with Crippen molar-refractivity contribution in [1.82, 2.24) is 0 Å². The van der Waals surface area contributed by atoms with Gasteiger partial charge in [-0.25, -0.2) is 0 Å². The number of benzene rings is 3. The van der Waals surface area contributed by atoms with Gasteiger partial charge in [0.1, 0.15) is 35.2 Å². The predicted molar refractivity (Wildman–Crippen MR) is 167 cm³/mol. The molecule has 1 saturated carbocycles. The quantitative estimate of drug-likeness (QED) is 0.173. The Morgan fingerprint density at radius 2 is 1.38 bits per heavy atom. The van der Waals surface area contributed by atoms with Crippen LogP contribution < -0.4 is 8.92 Å². The van der Waals surface area contributed by atoms with E-state index in [1.165, 1.54) is 42.0 Å². The third-order valence-electron chi connectivity index (χ3n) is 6.21. The van der Waals surface area contributed by atoms with Crippen molar-refractivity contribution in [1.29, 1.82) is 0 Å². The van der Waals surface area contributed by atoms with Gasteiger partial charge in [0.05, 0.1) is 0 Å². The summed E-state index contributed by atoms with van der Waals surface area (Å²) in [5.41, 5.74) is 1.37. The molecule has 0 aliphatic heterocycles. The molecule has 226 valence electrons. The fourth-order valence-electron chi connectivity index (χ4n) is 3.99. The molecule has 1 aliphatic carbocycles. The van der Waals surface area contributed by atoms with Gasteiger partial charge in [-0.15, -0.1) is 6.42 Å². The fourth-order valence-corrected chi connectivity index (χ4v) is 5.82. The molecule has 0 heterocycles. The van der Waals surface area contributed by atoms with Gasteiger partial charge in [-0.2, -0.15) is 12.6 Å². The largest absolute Gasteiger partial charge is 0.488 e. The second kappa shape index (κ2) is 15.8. The molecule has 0 N–H and O–H groups in total. The van der Waals surface area contributed by atoms with Gasteiger partial charge < -0.3 is 8.92 Å². The number of hydrogen-bond donors (Lipinski definition) is 0. The summed E-state index contributed by atoms with van der Waals surface area (Å²) in [5, 5.41) is 0.965. The Kier molecular flexibility index (Phi) is 12.7. The van der Waals surface area contributed by atoms with Gasteiger partial charge in [-0.05, 0) is 90.9 Å². The lowest BCUT2D eigenvalue weighted by molar-refractivity contribution is 0.0239. The lowest BCUT2D eigenvalue weighted by atomic mass is 9.87. The van der Waals surface area contributed by atoms with Crippen molar-refractivity contribution in [2.75, 3.05) is 6.61 Å². The normalized spacial score (nSPS) is 17.7. The summed E-state index contributed by atoms with van der Waals surface area (Å²) in [6.45, 7) is 6.51. The van der Waals surface area contributed by atoms with Crippen LogP contribution in [0.25, 0.3) is 0 Å². The summed E-state index contributed by atoms with van der Waals surface area (Å²) in [6, 6.07) is 19.9. The highest BCUT2D eigenvalue weighted by atomic mass is 35.5. The lowest BCUT2D eigenvalue weighted by Crippen LogP contribution is -2.37. The minimum Gasteiger partial charge on any atom is -0.488 e. The van der Waals surface area contributed by atoms with Crippen molar-refractivity contribution >= 4 is 44.7 Å². The second-order valence-corrected chi connectivity index (χ2v) is 13.7. The zero-order valence-electron chi connectivity index (χ0n) is 23.6. The molecule has 0 spiro atoms. The molecule has 0 aromatic heterocycles. The number of halogens is 2. The maximum absolute atomic E-state index is 11.9. The van der Waals surface area contributed by atoms with E-state index in [1.54, 1.807) is 12.1 Å². The van der Waals surface area contributed by atoms with E-state index in [9.17, 15) is 12.6 Å². The first-order valence-electron chi connectivity index (χ1n) is 13.3. The molecule has 3 atom stereocenters. The first kappa shape index (κ1) is 33.9. The van der Waals surface area contributed by atoms with Crippen molar-refractivity contribution in [3.8, 4) is 23.8 Å². The standard InChI is InChI=1S/C19H26O4S.C12H8Cl2O3S/c1-5-14-21-24(20)23-18-9-7-6-8-17(18)22-16-12-10-15(11-13-16)19(2,3)4;13-9-1-5-11(6-2-9)17-18(15,16)12-7-3-10(14)4-8-12/h1,10-13,17-18H,6-9,14H2,2-4H3;1-8H. The molecule has 3 aromatic rings. The van der Waals surface area contributed by atoms with Crippen LogP contribution in [0.15, 0.2) is 77.7 Å². The Labute approximate surface area is 261 Å². The van der Waals surface area contributed by atoms with Crippen LogP contribution in [0.2, 0.25) is 10.0 Å². The molecule has 0 amide bonds. The van der Waals surface area contributed by atoms with E-state index in [1.807, 2.05) is 12.1 Å². The SMILES string of the molecule is C#CCOS(=O)OC1CCCCC1Oc1ccc(C(C)(C)C)cc1.O=S(=O)(Oc1ccc(Cl)cc1)c1ccc(Cl)cc1. The van der Waals surface area contributed by atoms with Gasteiger partial charge in [0.25, 0.3) is 0 Å². The Morgan fingerprint density at radius 3 is 1.93 bits per heavy atom. The summed E-state index contributed by atoms with van der Waals surface area (Å²) in [6.07, 6.45) is 8.49. The van der Waals surface area contributed by atoms with E-state index in [0.29, 0.717) is 10.0 Å². The molecule has 3 unspecified atom stereocenters. The Bertz CT molecular complexity index is 1450. The zero-order chi connectivity index (χ0) is 30.8. The molecule has 1 fully saturated rings. The Morgan fingerprint density at radius 1 is 0.857 bits per heavy atom. The third kappa shape index (κ3) is 10.9. The molecule has 42 heavy (non-hydrogen) atoms. The highest BCUT2D eigenvalue weighted by molar-refractivity contribution is 7.87. The minimum absolute atomic E-state index is 0.0287. The van der Waals surface area contributed by atoms with Gasteiger partial charge in [0.2, 0.25) is 0 Å². The minimum atomic E-state index is -3.84. The molecule has 1 aliphatic rings. The van der Waals surface area contributed by atoms with Crippen LogP contribution >= 0.6 is 23.2 Å². The third-order valence-corrected chi connectivity index (χ3v) is 8.69. The summed E-state index contributed by atoms with van der Waals surface area (Å²) >= 11 is 9.55. The molecule has 3 aromatic carbocycles. The average Bonchev–Trinajstić information content (AvgIpc) is 2.94. The van der Waals surface area contributed by atoms with E-state index >= 15 is 0 Å². The number of ether oxygens (including phenoxy) is 1. The highest BCUT2D eigenvalue weighted by Crippen LogP contribution is 2.29. The van der Waals surface area contributed by atoms with Crippen molar-refractivity contribution in [3.05, 3.63) is 88.4 Å². The van der Waals surface area contributed by atoms with Gasteiger partial charge >= 0.3 is 21.5 Å². The summed E-state index contributed by atoms with van der Waals surface area (Å²) in [7, 11) is -3.84. The first-order valence-corrected chi connectivity index (χ1v) is 16.4. The maximum Gasteiger partial charge on any atom is 0.339 e. The number of terminal acetylenes is 1. The van der Waals surface area contributed by atoms with Crippen molar-refractivity contribution in [2.45, 2.75) is 69.0 Å². The van der Waals surface area contributed by atoms with Gasteiger partial charge in [0, 0.05) is 10.0 Å². The molecule has 7 nitrogen and oxygen atoms in total. The van der Waals surface area contributed by atoms with Crippen LogP contribution in [0.5, 0.6) is 11.5 Å². The van der Waals surface area contributed by atoms with E-state index in [0.717, 1.165) is 31.4 Å². The van der Waals surface area contributed by atoms with Crippen LogP contribution in [-0.2, 0) is 35.3 Å². The van der Waals surface area contributed by atoms with E-state index < -0.39 is 21.5 Å². The Hall–Kier alpha value is -2.58.